The fourth-order valence-corrected chi connectivity index (χ4v) is 4.49. The summed E-state index contributed by atoms with van der Waals surface area (Å²) in [6.07, 6.45) is 2.37. The van der Waals surface area contributed by atoms with Crippen LogP contribution in [0.2, 0.25) is 0 Å². The highest BCUT2D eigenvalue weighted by Gasteiger charge is 2.33. The summed E-state index contributed by atoms with van der Waals surface area (Å²) in [6.45, 7) is 6.96. The molecule has 1 saturated heterocycles. The lowest BCUT2D eigenvalue weighted by Gasteiger charge is -2.30. The van der Waals surface area contributed by atoms with Gasteiger partial charge in [-0.1, -0.05) is 26.0 Å². The van der Waals surface area contributed by atoms with Crippen molar-refractivity contribution in [2.45, 2.75) is 50.8 Å². The Morgan fingerprint density at radius 2 is 1.96 bits per heavy atom. The molecule has 0 bridgehead atoms. The van der Waals surface area contributed by atoms with Crippen LogP contribution in [0.3, 0.4) is 0 Å². The van der Waals surface area contributed by atoms with E-state index in [0.717, 1.165) is 12.0 Å². The normalized spacial score (nSPS) is 20.5. The number of ether oxygens (including phenoxy) is 1. The number of hydrogen-bond donors (Lipinski definition) is 0. The van der Waals surface area contributed by atoms with E-state index in [9.17, 15) is 13.2 Å². The van der Waals surface area contributed by atoms with Crippen LogP contribution in [0.15, 0.2) is 29.2 Å². The van der Waals surface area contributed by atoms with Crippen molar-refractivity contribution in [3.05, 3.63) is 29.8 Å². The predicted molar refractivity (Wildman–Crippen MR) is 93.3 cm³/mol. The molecule has 2 atom stereocenters. The van der Waals surface area contributed by atoms with Crippen LogP contribution >= 0.6 is 0 Å². The standard InChI is InChI=1S/C18H27NO4S/c1-4-14(3)15-8-10-17(11-9-15)24(21,22)19-12-6-7-16(13-19)18(20)23-5-2/h8-11,14,16H,4-7,12-13H2,1-3H3. The second-order valence-electron chi connectivity index (χ2n) is 6.33. The van der Waals surface area contributed by atoms with Gasteiger partial charge in [-0.05, 0) is 49.8 Å². The zero-order valence-corrected chi connectivity index (χ0v) is 15.5. The van der Waals surface area contributed by atoms with Gasteiger partial charge in [-0.3, -0.25) is 4.79 Å². The zero-order valence-electron chi connectivity index (χ0n) is 14.7. The van der Waals surface area contributed by atoms with Crippen molar-refractivity contribution in [3.8, 4) is 0 Å². The number of nitrogens with zero attached hydrogens (tertiary/aromatic N) is 1. The van der Waals surface area contributed by atoms with Crippen LogP contribution in [0.1, 0.15) is 51.5 Å². The first kappa shape index (κ1) is 18.9. The van der Waals surface area contributed by atoms with Gasteiger partial charge in [0.1, 0.15) is 0 Å². The first-order valence-corrected chi connectivity index (χ1v) is 10.1. The van der Waals surface area contributed by atoms with Gasteiger partial charge < -0.3 is 4.74 Å². The molecule has 6 heteroatoms. The van der Waals surface area contributed by atoms with Gasteiger partial charge in [0, 0.05) is 13.1 Å². The summed E-state index contributed by atoms with van der Waals surface area (Å²) in [4.78, 5) is 12.2. The summed E-state index contributed by atoms with van der Waals surface area (Å²) in [5.74, 6) is -0.262. The van der Waals surface area contributed by atoms with E-state index in [1.165, 1.54) is 4.31 Å². The molecule has 1 aromatic rings. The van der Waals surface area contributed by atoms with E-state index in [2.05, 4.69) is 13.8 Å². The molecular weight excluding hydrogens is 326 g/mol. The number of carbonyl (C=O) groups is 1. The lowest BCUT2D eigenvalue weighted by atomic mass is 9.99. The molecule has 0 amide bonds. The molecule has 5 nitrogen and oxygen atoms in total. The van der Waals surface area contributed by atoms with Gasteiger partial charge >= 0.3 is 5.97 Å². The highest BCUT2D eigenvalue weighted by Crippen LogP contribution is 2.26. The van der Waals surface area contributed by atoms with Crippen molar-refractivity contribution < 1.29 is 17.9 Å². The predicted octanol–water partition coefficient (Wildman–Crippen LogP) is 3.16. The van der Waals surface area contributed by atoms with Gasteiger partial charge in [-0.25, -0.2) is 8.42 Å². The van der Waals surface area contributed by atoms with Gasteiger partial charge in [0.15, 0.2) is 0 Å². The molecule has 1 heterocycles. The third kappa shape index (κ3) is 4.16. The van der Waals surface area contributed by atoms with Crippen LogP contribution in [-0.4, -0.2) is 38.4 Å². The number of piperidine rings is 1. The summed E-state index contributed by atoms with van der Waals surface area (Å²) in [6, 6.07) is 7.11. The topological polar surface area (TPSA) is 63.7 Å². The Hall–Kier alpha value is -1.40. The van der Waals surface area contributed by atoms with E-state index in [1.807, 2.05) is 12.1 Å². The maximum absolute atomic E-state index is 12.8. The monoisotopic (exact) mass is 353 g/mol. The maximum Gasteiger partial charge on any atom is 0.310 e. The van der Waals surface area contributed by atoms with Crippen LogP contribution < -0.4 is 0 Å². The smallest absolute Gasteiger partial charge is 0.310 e. The Morgan fingerprint density at radius 1 is 1.29 bits per heavy atom. The molecule has 0 spiro atoms. The van der Waals surface area contributed by atoms with Crippen molar-refractivity contribution in [1.82, 2.24) is 4.31 Å². The van der Waals surface area contributed by atoms with E-state index in [0.29, 0.717) is 36.8 Å². The van der Waals surface area contributed by atoms with Crippen molar-refractivity contribution in [2.75, 3.05) is 19.7 Å². The molecule has 0 aromatic heterocycles. The van der Waals surface area contributed by atoms with Gasteiger partial charge in [-0.2, -0.15) is 4.31 Å². The van der Waals surface area contributed by atoms with Crippen molar-refractivity contribution in [2.24, 2.45) is 5.92 Å². The molecule has 24 heavy (non-hydrogen) atoms. The number of benzene rings is 1. The fraction of sp³-hybridized carbons (Fsp3) is 0.611. The molecule has 134 valence electrons. The minimum Gasteiger partial charge on any atom is -0.466 e. The van der Waals surface area contributed by atoms with Crippen LogP contribution in [0.5, 0.6) is 0 Å². The molecule has 0 saturated carbocycles. The number of sulfonamides is 1. The van der Waals surface area contributed by atoms with Gasteiger partial charge in [-0.15, -0.1) is 0 Å². The summed E-state index contributed by atoms with van der Waals surface area (Å²) in [5.41, 5.74) is 1.14. The second-order valence-corrected chi connectivity index (χ2v) is 8.27. The molecule has 0 N–H and O–H groups in total. The van der Waals surface area contributed by atoms with Crippen LogP contribution in [0.25, 0.3) is 0 Å². The van der Waals surface area contributed by atoms with Gasteiger partial charge in [0.25, 0.3) is 0 Å². The third-order valence-corrected chi connectivity index (χ3v) is 6.58. The molecule has 1 aliphatic heterocycles. The van der Waals surface area contributed by atoms with Crippen LogP contribution in [-0.2, 0) is 19.6 Å². The van der Waals surface area contributed by atoms with Gasteiger partial charge in [0.2, 0.25) is 10.0 Å². The SMILES string of the molecule is CCOC(=O)C1CCCN(S(=O)(=O)c2ccc(C(C)CC)cc2)C1. The summed E-state index contributed by atoms with van der Waals surface area (Å²) in [7, 11) is -3.57. The quantitative estimate of drug-likeness (QED) is 0.737. The van der Waals surface area contributed by atoms with Gasteiger partial charge in [0.05, 0.1) is 17.4 Å². The van der Waals surface area contributed by atoms with E-state index >= 15 is 0 Å². The van der Waals surface area contributed by atoms with Crippen molar-refractivity contribution in [3.63, 3.8) is 0 Å². The minimum atomic E-state index is -3.57. The number of carbonyl (C=O) groups excluding carboxylic acids is 1. The average Bonchev–Trinajstić information content (AvgIpc) is 2.61. The Morgan fingerprint density at radius 3 is 2.54 bits per heavy atom. The lowest BCUT2D eigenvalue weighted by Crippen LogP contribution is -2.42. The summed E-state index contributed by atoms with van der Waals surface area (Å²) in [5, 5.41) is 0. The lowest BCUT2D eigenvalue weighted by molar-refractivity contribution is -0.149. The second kappa shape index (κ2) is 8.12. The molecule has 0 radical (unpaired) electrons. The average molecular weight is 353 g/mol. The van der Waals surface area contributed by atoms with E-state index in [1.54, 1.807) is 19.1 Å². The number of hydrogen-bond acceptors (Lipinski definition) is 4. The number of esters is 1. The molecule has 1 aromatic carbocycles. The van der Waals surface area contributed by atoms with E-state index in [4.69, 9.17) is 4.74 Å². The van der Waals surface area contributed by atoms with E-state index in [-0.39, 0.29) is 18.4 Å². The third-order valence-electron chi connectivity index (χ3n) is 4.70. The van der Waals surface area contributed by atoms with Crippen molar-refractivity contribution >= 4 is 16.0 Å². The molecule has 2 unspecified atom stereocenters. The molecule has 0 aliphatic carbocycles. The molecule has 1 fully saturated rings. The molecule has 2 rings (SSSR count). The summed E-state index contributed by atoms with van der Waals surface area (Å²) >= 11 is 0. The first-order chi connectivity index (χ1) is 11.4. The summed E-state index contributed by atoms with van der Waals surface area (Å²) < 4.78 is 32.1. The maximum atomic E-state index is 12.8. The largest absolute Gasteiger partial charge is 0.466 e. The first-order valence-electron chi connectivity index (χ1n) is 8.66. The Bertz CT molecular complexity index is 654. The van der Waals surface area contributed by atoms with Crippen LogP contribution in [0, 0.1) is 5.92 Å². The fourth-order valence-electron chi connectivity index (χ4n) is 2.97. The number of rotatable bonds is 6. The molecule has 1 aliphatic rings. The highest BCUT2D eigenvalue weighted by molar-refractivity contribution is 7.89. The Kier molecular flexibility index (Phi) is 6.40. The van der Waals surface area contributed by atoms with E-state index < -0.39 is 10.0 Å². The highest BCUT2D eigenvalue weighted by atomic mass is 32.2. The molecular formula is C18H27NO4S. The Labute approximate surface area is 145 Å². The minimum absolute atomic E-state index is 0.203. The zero-order chi connectivity index (χ0) is 17.7. The van der Waals surface area contributed by atoms with Crippen molar-refractivity contribution in [1.29, 1.82) is 0 Å². The van der Waals surface area contributed by atoms with Crippen LogP contribution in [0.4, 0.5) is 0 Å². The Balaban J connectivity index is 2.15.